The summed E-state index contributed by atoms with van der Waals surface area (Å²) in [4.78, 5) is 14.7. The summed E-state index contributed by atoms with van der Waals surface area (Å²) in [6.07, 6.45) is 3.09. The summed E-state index contributed by atoms with van der Waals surface area (Å²) in [5.74, 6) is -1.56. The molecule has 2 N–H and O–H groups in total. The van der Waals surface area contributed by atoms with Crippen molar-refractivity contribution in [2.45, 2.75) is 44.3 Å². The molecule has 4 nitrogen and oxygen atoms in total. The average Bonchev–Trinajstić information content (AvgIpc) is 2.85. The summed E-state index contributed by atoms with van der Waals surface area (Å²) in [6, 6.07) is 12.2. The number of carbonyl (C=O) groups excluding carboxylic acids is 1. The second-order valence-corrected chi connectivity index (χ2v) is 7.89. The third kappa shape index (κ3) is 4.17. The number of hydrogen-bond acceptors (Lipinski definition) is 3. The topological polar surface area (TPSA) is 44.4 Å². The first-order chi connectivity index (χ1) is 13.5. The van der Waals surface area contributed by atoms with Gasteiger partial charge in [0.2, 0.25) is 5.91 Å². The lowest BCUT2D eigenvalue weighted by Gasteiger charge is -2.37. The molecule has 0 unspecified atom stereocenters. The van der Waals surface area contributed by atoms with E-state index in [-0.39, 0.29) is 11.4 Å². The van der Waals surface area contributed by atoms with Crippen molar-refractivity contribution in [1.82, 2.24) is 10.2 Å². The molecule has 1 spiro atoms. The van der Waals surface area contributed by atoms with Gasteiger partial charge in [0, 0.05) is 37.3 Å². The first-order valence-electron chi connectivity index (χ1n) is 9.82. The van der Waals surface area contributed by atoms with Gasteiger partial charge < -0.3 is 10.6 Å². The van der Waals surface area contributed by atoms with Gasteiger partial charge >= 0.3 is 0 Å². The van der Waals surface area contributed by atoms with Gasteiger partial charge in [-0.3, -0.25) is 9.69 Å². The van der Waals surface area contributed by atoms with Crippen molar-refractivity contribution in [3.05, 3.63) is 65.2 Å². The van der Waals surface area contributed by atoms with Gasteiger partial charge in [0.25, 0.3) is 0 Å². The first kappa shape index (κ1) is 18.9. The van der Waals surface area contributed by atoms with Crippen molar-refractivity contribution in [2.75, 3.05) is 18.4 Å². The van der Waals surface area contributed by atoms with Crippen LogP contribution in [0, 0.1) is 11.6 Å². The normalized spacial score (nSPS) is 23.1. The van der Waals surface area contributed by atoms with Gasteiger partial charge in [-0.25, -0.2) is 8.78 Å². The van der Waals surface area contributed by atoms with Crippen molar-refractivity contribution in [2.24, 2.45) is 0 Å². The van der Waals surface area contributed by atoms with Gasteiger partial charge in [0.15, 0.2) is 11.6 Å². The number of hydrogen-bond donors (Lipinski definition) is 2. The maximum absolute atomic E-state index is 13.5. The lowest BCUT2D eigenvalue weighted by atomic mass is 9.85. The van der Waals surface area contributed by atoms with Crippen LogP contribution in [0.15, 0.2) is 42.5 Å². The van der Waals surface area contributed by atoms with Crippen molar-refractivity contribution in [3.63, 3.8) is 0 Å². The van der Waals surface area contributed by atoms with E-state index in [0.717, 1.165) is 49.2 Å². The van der Waals surface area contributed by atoms with Gasteiger partial charge in [-0.15, -0.1) is 0 Å². The van der Waals surface area contributed by atoms with E-state index in [2.05, 4.69) is 21.6 Å². The van der Waals surface area contributed by atoms with Crippen LogP contribution in [0.4, 0.5) is 14.5 Å². The predicted molar refractivity (Wildman–Crippen MR) is 105 cm³/mol. The average molecular weight is 385 g/mol. The molecule has 1 saturated heterocycles. The Morgan fingerprint density at radius 2 is 1.89 bits per heavy atom. The third-order valence-corrected chi connectivity index (χ3v) is 5.82. The minimum atomic E-state index is -0.818. The molecule has 4 rings (SSSR count). The van der Waals surface area contributed by atoms with Crippen molar-refractivity contribution >= 4 is 11.6 Å². The molecule has 2 aliphatic heterocycles. The lowest BCUT2D eigenvalue weighted by Crippen LogP contribution is -2.46. The molecule has 0 saturated carbocycles. The van der Waals surface area contributed by atoms with Gasteiger partial charge in [-0.2, -0.15) is 0 Å². The molecular formula is C22H25F2N3O. The molecule has 0 radical (unpaired) electrons. The fourth-order valence-corrected chi connectivity index (χ4v) is 4.30. The molecule has 0 aliphatic carbocycles. The molecule has 28 heavy (non-hydrogen) atoms. The fourth-order valence-electron chi connectivity index (χ4n) is 4.30. The number of rotatable bonds is 2. The Morgan fingerprint density at radius 3 is 2.75 bits per heavy atom. The zero-order chi connectivity index (χ0) is 19.6. The van der Waals surface area contributed by atoms with E-state index >= 15 is 0 Å². The van der Waals surface area contributed by atoms with E-state index in [1.165, 1.54) is 12.1 Å². The van der Waals surface area contributed by atoms with Crippen LogP contribution in [0.3, 0.4) is 0 Å². The van der Waals surface area contributed by atoms with Gasteiger partial charge in [-0.1, -0.05) is 24.3 Å². The third-order valence-electron chi connectivity index (χ3n) is 5.82. The molecule has 148 valence electrons. The number of para-hydroxylation sites is 1. The number of halogens is 2. The molecule has 1 atom stereocenters. The maximum atomic E-state index is 13.5. The van der Waals surface area contributed by atoms with E-state index in [0.29, 0.717) is 19.5 Å². The van der Waals surface area contributed by atoms with Crippen LogP contribution in [0.5, 0.6) is 0 Å². The fraction of sp³-hybridized carbons (Fsp3) is 0.409. The smallest absolute Gasteiger partial charge is 0.222 e. The molecule has 1 fully saturated rings. The van der Waals surface area contributed by atoms with Gasteiger partial charge in [0.05, 0.1) is 0 Å². The van der Waals surface area contributed by atoms with Gasteiger partial charge in [-0.05, 0) is 55.1 Å². The minimum absolute atomic E-state index is 0.0658. The Balaban J connectivity index is 1.50. The molecule has 0 bridgehead atoms. The molecule has 2 aromatic rings. The zero-order valence-corrected chi connectivity index (χ0v) is 15.8. The van der Waals surface area contributed by atoms with E-state index < -0.39 is 11.6 Å². The highest BCUT2D eigenvalue weighted by Gasteiger charge is 2.36. The van der Waals surface area contributed by atoms with Crippen LogP contribution < -0.4 is 10.6 Å². The summed E-state index contributed by atoms with van der Waals surface area (Å²) in [7, 11) is 0. The molecule has 2 heterocycles. The van der Waals surface area contributed by atoms with Crippen LogP contribution in [0.25, 0.3) is 0 Å². The SMILES string of the molecule is O=C1C[C@]2(CCCN(Cc3ccc(F)c(F)c3)CC2)Nc2ccccc2CN1. The largest absolute Gasteiger partial charge is 0.379 e. The van der Waals surface area contributed by atoms with Crippen molar-refractivity contribution in [1.29, 1.82) is 0 Å². The highest BCUT2D eigenvalue weighted by atomic mass is 19.2. The molecule has 2 aliphatic rings. The molecule has 2 aromatic carbocycles. The first-order valence-corrected chi connectivity index (χ1v) is 9.82. The maximum Gasteiger partial charge on any atom is 0.222 e. The van der Waals surface area contributed by atoms with Crippen LogP contribution in [-0.2, 0) is 17.9 Å². The summed E-state index contributed by atoms with van der Waals surface area (Å²) >= 11 is 0. The second-order valence-electron chi connectivity index (χ2n) is 7.89. The van der Waals surface area contributed by atoms with E-state index in [4.69, 9.17) is 0 Å². The predicted octanol–water partition coefficient (Wildman–Crippen LogP) is 3.82. The van der Waals surface area contributed by atoms with Crippen LogP contribution in [0.1, 0.15) is 36.8 Å². The summed E-state index contributed by atoms with van der Waals surface area (Å²) in [6.45, 7) is 2.78. The molecule has 0 aromatic heterocycles. The summed E-state index contributed by atoms with van der Waals surface area (Å²) in [5.41, 5.74) is 2.65. The lowest BCUT2D eigenvalue weighted by molar-refractivity contribution is -0.122. The van der Waals surface area contributed by atoms with Crippen molar-refractivity contribution in [3.8, 4) is 0 Å². The highest BCUT2D eigenvalue weighted by Crippen LogP contribution is 2.33. The Kier molecular flexibility index (Phi) is 5.31. The Hall–Kier alpha value is -2.47. The monoisotopic (exact) mass is 385 g/mol. The number of amides is 1. The Morgan fingerprint density at radius 1 is 1.04 bits per heavy atom. The number of nitrogens with one attached hydrogen (secondary N) is 2. The van der Waals surface area contributed by atoms with E-state index in [9.17, 15) is 13.6 Å². The number of fused-ring (bicyclic) bond motifs is 1. The minimum Gasteiger partial charge on any atom is -0.379 e. The number of benzene rings is 2. The van der Waals surface area contributed by atoms with Crippen LogP contribution >= 0.6 is 0 Å². The van der Waals surface area contributed by atoms with Crippen LogP contribution in [-0.4, -0.2) is 29.4 Å². The Labute approximate surface area is 163 Å². The molecular weight excluding hydrogens is 360 g/mol. The van der Waals surface area contributed by atoms with Crippen molar-refractivity contribution < 1.29 is 13.6 Å². The standard InChI is InChI=1S/C22H25F2N3O/c23-18-7-6-16(12-19(18)24)15-27-10-3-8-22(9-11-27)13-21(28)25-14-17-4-1-2-5-20(17)26-22/h1-2,4-7,12,26H,3,8-11,13-15H2,(H,25,28)/t22-/m1/s1. The number of anilines is 1. The van der Waals surface area contributed by atoms with E-state index in [1.54, 1.807) is 6.07 Å². The molecule has 6 heteroatoms. The van der Waals surface area contributed by atoms with Crippen LogP contribution in [0.2, 0.25) is 0 Å². The molecule has 1 amide bonds. The number of nitrogens with zero attached hydrogens (tertiary/aromatic N) is 1. The number of carbonyl (C=O) groups is 1. The zero-order valence-electron chi connectivity index (χ0n) is 15.8. The number of likely N-dealkylation sites (tertiary alicyclic amines) is 1. The summed E-state index contributed by atoms with van der Waals surface area (Å²) < 4.78 is 26.7. The summed E-state index contributed by atoms with van der Waals surface area (Å²) in [5, 5.41) is 6.71. The van der Waals surface area contributed by atoms with Gasteiger partial charge in [0.1, 0.15) is 0 Å². The Bertz CT molecular complexity index is 873. The highest BCUT2D eigenvalue weighted by molar-refractivity contribution is 5.79. The van der Waals surface area contributed by atoms with E-state index in [1.807, 2.05) is 18.2 Å². The quantitative estimate of drug-likeness (QED) is 0.826. The second kappa shape index (κ2) is 7.87.